The van der Waals surface area contributed by atoms with Gasteiger partial charge in [0, 0.05) is 93.9 Å². The number of hydrogen-bond acceptors (Lipinski definition) is 26. The summed E-state index contributed by atoms with van der Waals surface area (Å²) in [6.45, 7) is 14.0. The molecular formula is C68H72F9N12NaO19S. The molecule has 5 amide bonds. The number of cyclic esters (lactones) is 3. The molecule has 0 radical (unpaired) electrons. The van der Waals surface area contributed by atoms with E-state index in [4.69, 9.17) is 37.3 Å². The van der Waals surface area contributed by atoms with Gasteiger partial charge in [-0.1, -0.05) is 15.5 Å². The first-order valence-electron chi connectivity index (χ1n) is 32.9. The minimum absolute atomic E-state index is 0. The topological polar surface area (TPSA) is 351 Å². The molecule has 0 saturated carbocycles. The standard InChI is InChI=1S/C24H25F3N4O6.C19H17F3N4O4.C16H15F3N2O6S.C9H14N2O3.Na.H/c1-13-9-18(28-37-13)31(23(34)36-24(2,3)4)12-15-11-30(22(33)35-15)17-10-16(25)21(20(27)19(17)26)29-7-5-14(32)6-8-29;1-10-6-15(24-30-10)23-8-12-9-26(19(28)29-12)14-7-13(20)18(17(22)16(14)21)25-4-2-11(27)3-5-25;1-28(24,25)26-8-10-7-21(16(23)27-10)12-6-11(17)15(14(19)13(12)18)20-4-2-9(22)3-5-20;1-6-5-7(11-14-6)10-8(12)13-9(2,3)4;;/h5,7,9-10,15H,6,8,11-12H2,1-4H3;2,4,6-7,12H,3,5,8-9H2,1H3,(H,23,24);2,4,6,10H,3,5,7-8H2,1H3;5H,1-4H3,(H,10,11,12);;/q;;;;+1;-1/t15-;12-;10-;;;/m101.../s1. The predicted molar refractivity (Wildman–Crippen MR) is 368 cm³/mol. The van der Waals surface area contributed by atoms with Crippen LogP contribution < -0.4 is 74.5 Å². The normalized spacial score (nSPS) is 17.7. The monoisotopic (exact) mass is 1590 g/mol. The molecule has 0 bridgehead atoms. The zero-order valence-electron chi connectivity index (χ0n) is 61.7. The number of carbonyl (C=O) groups is 8. The van der Waals surface area contributed by atoms with Gasteiger partial charge in [-0.05, 0) is 80.5 Å². The second kappa shape index (κ2) is 35.4. The average molecular weight is 1590 g/mol. The van der Waals surface area contributed by atoms with Crippen LogP contribution in [0.3, 0.4) is 0 Å². The number of aromatic nitrogens is 3. The third-order valence-corrected chi connectivity index (χ3v) is 16.1. The Morgan fingerprint density at radius 2 is 0.909 bits per heavy atom. The summed E-state index contributed by atoms with van der Waals surface area (Å²) in [5, 5.41) is 16.5. The van der Waals surface area contributed by atoms with Gasteiger partial charge in [0.15, 0.2) is 87.2 Å². The van der Waals surface area contributed by atoms with E-state index in [9.17, 15) is 81.9 Å². The van der Waals surface area contributed by atoms with E-state index in [2.05, 4.69) is 30.3 Å². The van der Waals surface area contributed by atoms with Crippen molar-refractivity contribution in [3.63, 3.8) is 0 Å². The number of halogens is 9. The number of amides is 5. The van der Waals surface area contributed by atoms with Crippen LogP contribution in [-0.2, 0) is 52.4 Å². The number of nitrogens with one attached hydrogen (secondary N) is 2. The molecule has 31 nitrogen and oxygen atoms in total. The van der Waals surface area contributed by atoms with Gasteiger partial charge in [-0.25, -0.2) is 63.5 Å². The molecule has 42 heteroatoms. The Balaban J connectivity index is 0.000000213. The van der Waals surface area contributed by atoms with Gasteiger partial charge in [-0.15, -0.1) is 0 Å². The molecule has 3 aromatic heterocycles. The van der Waals surface area contributed by atoms with Crippen LogP contribution in [0.25, 0.3) is 0 Å². The number of ketones is 3. The van der Waals surface area contributed by atoms with E-state index >= 15 is 4.39 Å². The van der Waals surface area contributed by atoms with Gasteiger partial charge in [0.2, 0.25) is 0 Å². The van der Waals surface area contributed by atoms with Gasteiger partial charge in [-0.2, -0.15) is 8.42 Å². The minimum Gasteiger partial charge on any atom is -1.00 e. The maximum atomic E-state index is 15.1. The van der Waals surface area contributed by atoms with Crippen LogP contribution in [-0.4, -0.2) is 166 Å². The largest absolute Gasteiger partial charge is 1.00 e. The summed E-state index contributed by atoms with van der Waals surface area (Å²) in [7, 11) is -3.79. The van der Waals surface area contributed by atoms with Gasteiger partial charge < -0.3 is 58.7 Å². The predicted octanol–water partition coefficient (Wildman–Crippen LogP) is 8.74. The van der Waals surface area contributed by atoms with Gasteiger partial charge in [0.05, 0.1) is 56.0 Å². The van der Waals surface area contributed by atoms with Crippen LogP contribution in [0.15, 0.2) is 86.8 Å². The van der Waals surface area contributed by atoms with Crippen LogP contribution in [0.4, 0.5) is 115 Å². The molecule has 2 N–H and O–H groups in total. The number of carbonyl (C=O) groups excluding carboxylic acids is 8. The van der Waals surface area contributed by atoms with Crippen LogP contribution in [0.1, 0.15) is 79.5 Å². The number of nitrogens with zero attached hydrogens (tertiary/aromatic N) is 10. The summed E-state index contributed by atoms with van der Waals surface area (Å²) < 4.78 is 199. The average Bonchev–Trinajstić information content (AvgIpc) is 1.77. The van der Waals surface area contributed by atoms with Crippen molar-refractivity contribution in [3.8, 4) is 0 Å². The summed E-state index contributed by atoms with van der Waals surface area (Å²) in [5.74, 6) is -10.3. The molecule has 9 heterocycles. The van der Waals surface area contributed by atoms with E-state index in [0.717, 1.165) is 60.1 Å². The third-order valence-electron chi connectivity index (χ3n) is 15.6. The number of allylic oxidation sites excluding steroid dienone is 3. The molecule has 0 aliphatic carbocycles. The van der Waals surface area contributed by atoms with Gasteiger partial charge in [0.1, 0.15) is 70.5 Å². The molecule has 0 unspecified atom stereocenters. The maximum Gasteiger partial charge on any atom is 1.00 e. The van der Waals surface area contributed by atoms with Crippen LogP contribution >= 0.6 is 0 Å². The number of ether oxygens (including phenoxy) is 5. The number of aryl methyl sites for hydroxylation is 3. The fourth-order valence-corrected chi connectivity index (χ4v) is 11.1. The van der Waals surface area contributed by atoms with Gasteiger partial charge in [0.25, 0.3) is 10.1 Å². The van der Waals surface area contributed by atoms with E-state index in [1.54, 1.807) is 74.4 Å². The first-order valence-corrected chi connectivity index (χ1v) is 34.7. The Bertz CT molecular complexity index is 4730. The summed E-state index contributed by atoms with van der Waals surface area (Å²) in [5.41, 5.74) is -5.25. The Kier molecular flexibility index (Phi) is 27.3. The molecule has 3 atom stereocenters. The first kappa shape index (κ1) is 85.0. The second-order valence-corrected chi connectivity index (χ2v) is 28.3. The zero-order chi connectivity index (χ0) is 79.9. The van der Waals surface area contributed by atoms with Crippen molar-refractivity contribution in [2.45, 2.75) is 111 Å². The molecule has 6 aliphatic heterocycles. The Morgan fingerprint density at radius 3 is 1.27 bits per heavy atom. The Labute approximate surface area is 644 Å². The zero-order valence-corrected chi connectivity index (χ0v) is 63.5. The maximum absolute atomic E-state index is 15.1. The van der Waals surface area contributed by atoms with Crippen molar-refractivity contribution >= 4 is 110 Å². The van der Waals surface area contributed by atoms with E-state index in [0.29, 0.717) is 45.9 Å². The molecule has 588 valence electrons. The molecule has 12 rings (SSSR count). The number of benzene rings is 3. The molecule has 3 fully saturated rings. The van der Waals surface area contributed by atoms with E-state index in [1.165, 1.54) is 24.5 Å². The summed E-state index contributed by atoms with van der Waals surface area (Å²) in [4.78, 5) is 101. The second-order valence-electron chi connectivity index (χ2n) is 26.6. The van der Waals surface area contributed by atoms with Gasteiger partial charge >= 0.3 is 60.0 Å². The van der Waals surface area contributed by atoms with E-state index in [-0.39, 0.29) is 126 Å². The molecule has 6 aliphatic rings. The number of anilines is 9. The molecule has 0 spiro atoms. The van der Waals surface area contributed by atoms with E-state index in [1.807, 2.05) is 0 Å². The van der Waals surface area contributed by atoms with Crippen molar-refractivity contribution < 1.29 is 159 Å². The number of hydrogen-bond donors (Lipinski definition) is 2. The smallest absolute Gasteiger partial charge is 1.00 e. The molecule has 6 aromatic rings. The van der Waals surface area contributed by atoms with Crippen molar-refractivity contribution in [2.75, 3.05) is 110 Å². The molecule has 3 aromatic carbocycles. The summed E-state index contributed by atoms with van der Waals surface area (Å²) in [6, 6.07) is 6.80. The quantitative estimate of drug-likeness (QED) is 0.0300. The fraction of sp³-hybridized carbons (Fsp3) is 0.397. The molecular weight excluding hydrogens is 1510 g/mol. The Morgan fingerprint density at radius 1 is 0.536 bits per heavy atom. The fourth-order valence-electron chi connectivity index (χ4n) is 10.7. The van der Waals surface area contributed by atoms with Crippen molar-refractivity contribution in [3.05, 3.63) is 143 Å². The summed E-state index contributed by atoms with van der Waals surface area (Å²) in [6.07, 6.45) is 0.632. The van der Waals surface area contributed by atoms with E-state index < -0.39 is 163 Å². The first-order chi connectivity index (χ1) is 51.1. The van der Waals surface area contributed by atoms with Crippen LogP contribution in [0.5, 0.6) is 0 Å². The van der Waals surface area contributed by atoms with Crippen molar-refractivity contribution in [1.29, 1.82) is 0 Å². The van der Waals surface area contributed by atoms with Gasteiger partial charge in [-0.3, -0.25) is 43.5 Å². The molecule has 110 heavy (non-hydrogen) atoms. The minimum atomic E-state index is -3.79. The van der Waals surface area contributed by atoms with Crippen molar-refractivity contribution in [2.24, 2.45) is 0 Å². The Hall–Kier alpha value is -10.7. The number of rotatable bonds is 16. The van der Waals surface area contributed by atoms with Crippen molar-refractivity contribution in [1.82, 2.24) is 15.5 Å². The third kappa shape index (κ3) is 21.9. The van der Waals surface area contributed by atoms with Crippen LogP contribution in [0.2, 0.25) is 0 Å². The van der Waals surface area contributed by atoms with Crippen LogP contribution in [0, 0.1) is 73.1 Å². The molecule has 3 saturated heterocycles. The summed E-state index contributed by atoms with van der Waals surface area (Å²) >= 11 is 0. The SMILES string of the molecule is CS(=O)(=O)OC[C@H]1CN(c2cc(F)c(N3C=CC(=O)CC3)c(F)c2F)C(=O)O1.Cc1cc(N(C[C@H]2CN(c3cc(F)c(N4C=CC(=O)CC4)c(F)c3F)C(=O)O2)C(=O)OC(C)(C)C)no1.Cc1cc(NC(=O)OC(C)(C)C)no1.Cc1cc(NC[C@H]2CN(c3cc(F)c(N4C=CC(=O)CC4)c(F)c3F)C(=O)O2)no1.[H-].[Na+].